The number of methoxy groups -OCH3 is 1. The van der Waals surface area contributed by atoms with Gasteiger partial charge in [0.1, 0.15) is 17.3 Å². The number of imidazole rings is 1. The molecular formula is C60H79Cl2N9O3. The predicted molar refractivity (Wildman–Crippen MR) is 298 cm³/mol. The summed E-state index contributed by atoms with van der Waals surface area (Å²) in [5.74, 6) is 3.06. The number of Topliss-reactive ketones (excluding diaryl/α,β-unsaturated/α-hetero) is 1. The first kappa shape index (κ1) is 53.2. The van der Waals surface area contributed by atoms with Crippen LogP contribution in [0.1, 0.15) is 68.5 Å². The number of ketones is 1. The van der Waals surface area contributed by atoms with E-state index in [2.05, 4.69) is 145 Å². The maximum absolute atomic E-state index is 17.7. The lowest BCUT2D eigenvalue weighted by Crippen LogP contribution is -2.73. The van der Waals surface area contributed by atoms with Crippen molar-refractivity contribution in [3.8, 4) is 22.8 Å². The van der Waals surface area contributed by atoms with E-state index >= 15 is 4.79 Å². The third-order valence-electron chi connectivity index (χ3n) is 18.5. The Morgan fingerprint density at radius 2 is 1.62 bits per heavy atom. The minimum absolute atomic E-state index is 0.0244. The summed E-state index contributed by atoms with van der Waals surface area (Å²) in [4.78, 5) is 32.6. The Kier molecular flexibility index (Phi) is 15.9. The molecule has 7 unspecified atom stereocenters. The zero-order valence-electron chi connectivity index (χ0n) is 44.8. The number of carbonyl (C=O) groups is 1. The van der Waals surface area contributed by atoms with Crippen LogP contribution < -0.4 is 21.1 Å². The van der Waals surface area contributed by atoms with Crippen molar-refractivity contribution in [2.75, 3.05) is 55.0 Å². The van der Waals surface area contributed by atoms with Crippen molar-refractivity contribution in [2.45, 2.75) is 126 Å². The minimum Gasteiger partial charge on any atom is -0.457 e. The Bertz CT molecular complexity index is 2720. The quantitative estimate of drug-likeness (QED) is 0.0831. The van der Waals surface area contributed by atoms with Gasteiger partial charge in [-0.1, -0.05) is 78.7 Å². The molecule has 5 heterocycles. The van der Waals surface area contributed by atoms with Crippen molar-refractivity contribution in [2.24, 2.45) is 29.5 Å². The molecule has 1 saturated carbocycles. The number of carbonyl (C=O) groups excluding carboxylic acids is 1. The fourth-order valence-electron chi connectivity index (χ4n) is 15.2. The molecule has 1 aromatic heterocycles. The molecule has 5 fully saturated rings. The lowest BCUT2D eigenvalue weighted by molar-refractivity contribution is -0.154. The summed E-state index contributed by atoms with van der Waals surface area (Å²) >= 11 is 13.4. The molecule has 0 radical (unpaired) electrons. The molecule has 396 valence electrons. The van der Waals surface area contributed by atoms with E-state index in [1.165, 1.54) is 11.1 Å². The van der Waals surface area contributed by atoms with Crippen LogP contribution in [0.25, 0.3) is 11.3 Å². The molecule has 5 aromatic rings. The van der Waals surface area contributed by atoms with Crippen molar-refractivity contribution in [1.82, 2.24) is 39.8 Å². The summed E-state index contributed by atoms with van der Waals surface area (Å²) in [6, 6.07) is 33.3. The summed E-state index contributed by atoms with van der Waals surface area (Å²) < 4.78 is 15.3. The van der Waals surface area contributed by atoms with Gasteiger partial charge in [0.25, 0.3) is 0 Å². The highest BCUT2D eigenvalue weighted by Crippen LogP contribution is 2.63. The van der Waals surface area contributed by atoms with Gasteiger partial charge in [-0.3, -0.25) is 19.5 Å². The smallest absolute Gasteiger partial charge is 0.153 e. The molecule has 1 aliphatic carbocycles. The molecule has 4 aliphatic heterocycles. The van der Waals surface area contributed by atoms with Crippen molar-refractivity contribution in [3.63, 3.8) is 0 Å². The molecule has 4 aromatic carbocycles. The lowest BCUT2D eigenvalue weighted by atomic mass is 9.54. The van der Waals surface area contributed by atoms with Crippen LogP contribution in [0.4, 0.5) is 0 Å². The van der Waals surface area contributed by atoms with E-state index in [0.29, 0.717) is 42.7 Å². The molecule has 4 N–H and O–H groups in total. The predicted octanol–water partition coefficient (Wildman–Crippen LogP) is 8.72. The first-order valence-corrected chi connectivity index (χ1v) is 27.9. The van der Waals surface area contributed by atoms with E-state index in [1.54, 1.807) is 7.11 Å². The van der Waals surface area contributed by atoms with Gasteiger partial charge in [0.05, 0.1) is 35.9 Å². The van der Waals surface area contributed by atoms with Crippen LogP contribution in [0.2, 0.25) is 10.0 Å². The zero-order valence-corrected chi connectivity index (χ0v) is 46.3. The van der Waals surface area contributed by atoms with E-state index in [1.807, 2.05) is 42.6 Å². The molecule has 14 heteroatoms. The van der Waals surface area contributed by atoms with E-state index in [0.717, 1.165) is 85.0 Å². The van der Waals surface area contributed by atoms with Crippen LogP contribution in [-0.4, -0.2) is 144 Å². The molecule has 10 rings (SSSR count). The molecule has 4 saturated heterocycles. The van der Waals surface area contributed by atoms with Crippen molar-refractivity contribution in [1.29, 1.82) is 0 Å². The zero-order chi connectivity index (χ0) is 52.1. The first-order valence-electron chi connectivity index (χ1n) is 27.2. The van der Waals surface area contributed by atoms with Crippen LogP contribution in [-0.2, 0) is 42.5 Å². The number of nitrogens with zero attached hydrogens (tertiary/aromatic N) is 6. The first-order chi connectivity index (χ1) is 35.7. The molecule has 0 amide bonds. The topological polar surface area (TPSA) is 116 Å². The third-order valence-corrected chi connectivity index (χ3v) is 18.9. The minimum atomic E-state index is -0.816. The van der Waals surface area contributed by atoms with Gasteiger partial charge in [0, 0.05) is 103 Å². The van der Waals surface area contributed by atoms with Gasteiger partial charge in [0.2, 0.25) is 0 Å². The van der Waals surface area contributed by atoms with Crippen LogP contribution in [0, 0.1) is 16.7 Å². The second kappa shape index (κ2) is 22.0. The number of aromatic nitrogens is 2. The highest BCUT2D eigenvalue weighted by atomic mass is 35.5. The van der Waals surface area contributed by atoms with Crippen LogP contribution in [0.3, 0.4) is 0 Å². The van der Waals surface area contributed by atoms with Crippen molar-refractivity contribution >= 4 is 29.0 Å². The number of nitrogens with one attached hydrogen (secondary N) is 2. The van der Waals surface area contributed by atoms with Gasteiger partial charge >= 0.3 is 0 Å². The molecule has 2 bridgehead atoms. The van der Waals surface area contributed by atoms with Gasteiger partial charge in [-0.2, -0.15) is 0 Å². The van der Waals surface area contributed by atoms with E-state index in [4.69, 9.17) is 43.4 Å². The number of hydrogen-bond acceptors (Lipinski definition) is 11. The highest BCUT2D eigenvalue weighted by Gasteiger charge is 2.77. The van der Waals surface area contributed by atoms with Gasteiger partial charge in [-0.15, -0.1) is 0 Å². The molecular weight excluding hydrogens is 966 g/mol. The third kappa shape index (κ3) is 9.47. The number of likely N-dealkylation sites (N-methyl/N-ethyl adjacent to an activating group) is 2. The number of nitrogens with two attached hydrogens (primary N) is 1. The molecule has 5 aliphatic rings. The average molecular weight is 1050 g/mol. The Morgan fingerprint density at radius 3 is 2.32 bits per heavy atom. The average Bonchev–Trinajstić information content (AvgIpc) is 4.10. The van der Waals surface area contributed by atoms with Gasteiger partial charge in [0.15, 0.2) is 5.78 Å². The number of hydrogen-bond donors (Lipinski definition) is 3. The Balaban J connectivity index is 1.12. The van der Waals surface area contributed by atoms with Crippen molar-refractivity contribution < 1.29 is 14.3 Å². The fourth-order valence-corrected chi connectivity index (χ4v) is 15.5. The number of benzene rings is 4. The monoisotopic (exact) mass is 1040 g/mol. The Morgan fingerprint density at radius 1 is 0.892 bits per heavy atom. The SMILES string of the molecule is CCC12C(=O)C34C5C[C@H](Cc6ccc(Cl)cc6)N(C)C3[C@@H](COC)NC4[C@H](CCCN)N(Cc3ccc(Cl)cc3Oc3ccc(-c4cnc(CN(C)C)n4C)cc3)C1C[C@@H](Cc1ccccc1)C2N(C)[C@@H](C)CN5. The Labute approximate surface area is 450 Å². The number of rotatable bonds is 17. The second-order valence-electron chi connectivity index (χ2n) is 22.7. The standard InChI is InChI=1S/C60H79Cl2N9O3/c1-9-59-53-30-43(28-39-14-11-10-12-15-39)56(59)68(5)38(2)33-64-52-32-46(29-40-17-22-44(61)23-18-40)69(6)57-48(37-73-8)66-55(60(52,57)58(59)72)49(16-13-27-63)71(53)35-42-19-24-45(62)31-51(42)74-47-25-20-41(21-26-47)50-34-65-54(70(50)7)36-67(3)4/h10-12,14-15,17-26,31,34,38,43,46,48-49,52-53,55-57,64,66H,9,13,16,27-30,32-33,35-37,63H2,1-8H3/t38-,43+,46-,48+,49-,52?,53?,55?,56?,57?,59?,60?/m0/s1. The molecule has 1 spiro atoms. The highest BCUT2D eigenvalue weighted by molar-refractivity contribution is 6.31. The van der Waals surface area contributed by atoms with Crippen molar-refractivity contribution in [3.05, 3.63) is 136 Å². The lowest BCUT2D eigenvalue weighted by Gasteiger charge is -2.57. The summed E-state index contributed by atoms with van der Waals surface area (Å²) in [5.41, 5.74) is 10.7. The molecule has 74 heavy (non-hydrogen) atoms. The van der Waals surface area contributed by atoms with Gasteiger partial charge < -0.3 is 35.3 Å². The van der Waals surface area contributed by atoms with Crippen LogP contribution in [0.15, 0.2) is 103 Å². The largest absolute Gasteiger partial charge is 0.457 e. The summed E-state index contributed by atoms with van der Waals surface area (Å²) in [6.45, 7) is 7.82. The van der Waals surface area contributed by atoms with Gasteiger partial charge in [-0.05, 0) is 152 Å². The maximum Gasteiger partial charge on any atom is 0.153 e. The van der Waals surface area contributed by atoms with E-state index in [9.17, 15) is 0 Å². The van der Waals surface area contributed by atoms with Gasteiger partial charge in [-0.25, -0.2) is 4.98 Å². The number of halogens is 2. The Hall–Kier alpha value is -4.18. The van der Waals surface area contributed by atoms with Crippen LogP contribution in [0.5, 0.6) is 11.5 Å². The normalized spacial score (nSPS) is 31.3. The summed E-state index contributed by atoms with van der Waals surface area (Å²) in [6.07, 6.45) is 7.75. The van der Waals surface area contributed by atoms with E-state index in [-0.39, 0.29) is 60.3 Å². The number of piperidine rings is 1. The number of likely N-dealkylation sites (tertiary alicyclic amines) is 2. The number of ether oxygens (including phenoxy) is 2. The molecule has 12 nitrogen and oxygen atoms in total. The van der Waals surface area contributed by atoms with E-state index < -0.39 is 10.8 Å². The summed E-state index contributed by atoms with van der Waals surface area (Å²) in [5, 5.41) is 9.91. The maximum atomic E-state index is 17.7. The van der Waals surface area contributed by atoms with Crippen LogP contribution >= 0.6 is 23.2 Å². The second-order valence-corrected chi connectivity index (χ2v) is 23.6. The molecule has 12 atom stereocenters. The fraction of sp³-hybridized carbons (Fsp3) is 0.533. The summed E-state index contributed by atoms with van der Waals surface area (Å²) in [7, 11) is 12.6.